The SMILES string of the molecule is COc1ccc(/C=C/C(=O)Nc2ccn(Cc3ccc(F)cc3Cl)n2)cc1COc1ccc(C)cc1. The van der Waals surface area contributed by atoms with E-state index >= 15 is 0 Å². The summed E-state index contributed by atoms with van der Waals surface area (Å²) < 4.78 is 26.2. The molecule has 1 amide bonds. The molecule has 4 aromatic rings. The summed E-state index contributed by atoms with van der Waals surface area (Å²) in [5, 5.41) is 7.38. The molecule has 0 aliphatic heterocycles. The van der Waals surface area contributed by atoms with Crippen molar-refractivity contribution in [2.45, 2.75) is 20.1 Å². The number of ether oxygens (including phenoxy) is 2. The van der Waals surface area contributed by atoms with Crippen molar-refractivity contribution in [1.29, 1.82) is 0 Å². The number of benzene rings is 3. The fraction of sp³-hybridized carbons (Fsp3) is 0.143. The van der Waals surface area contributed by atoms with Crippen molar-refractivity contribution < 1.29 is 18.7 Å². The number of aromatic nitrogens is 2. The van der Waals surface area contributed by atoms with Crippen molar-refractivity contribution in [3.05, 3.63) is 112 Å². The number of carbonyl (C=O) groups is 1. The molecule has 1 aromatic heterocycles. The van der Waals surface area contributed by atoms with Gasteiger partial charge < -0.3 is 14.8 Å². The number of amides is 1. The molecule has 0 saturated heterocycles. The van der Waals surface area contributed by atoms with Crippen LogP contribution in [0, 0.1) is 12.7 Å². The second kappa shape index (κ2) is 11.6. The number of methoxy groups -OCH3 is 1. The molecule has 0 saturated carbocycles. The van der Waals surface area contributed by atoms with Crippen LogP contribution < -0.4 is 14.8 Å². The maximum absolute atomic E-state index is 13.2. The zero-order valence-electron chi connectivity index (χ0n) is 19.9. The second-order valence-corrected chi connectivity index (χ2v) is 8.54. The highest BCUT2D eigenvalue weighted by molar-refractivity contribution is 6.31. The van der Waals surface area contributed by atoms with Gasteiger partial charge in [-0.25, -0.2) is 4.39 Å². The Labute approximate surface area is 213 Å². The predicted octanol–water partition coefficient (Wildman–Crippen LogP) is 6.27. The van der Waals surface area contributed by atoms with Crippen molar-refractivity contribution in [2.24, 2.45) is 0 Å². The number of hydrogen-bond acceptors (Lipinski definition) is 4. The van der Waals surface area contributed by atoms with Crippen molar-refractivity contribution in [1.82, 2.24) is 9.78 Å². The third kappa shape index (κ3) is 6.73. The average Bonchev–Trinajstić information content (AvgIpc) is 3.30. The van der Waals surface area contributed by atoms with Gasteiger partial charge in [0.2, 0.25) is 5.91 Å². The number of aryl methyl sites for hydroxylation is 1. The Hall–Kier alpha value is -4.10. The van der Waals surface area contributed by atoms with Crippen LogP contribution in [0.2, 0.25) is 5.02 Å². The van der Waals surface area contributed by atoms with Crippen molar-refractivity contribution in [3.63, 3.8) is 0 Å². The average molecular weight is 506 g/mol. The third-order valence-electron chi connectivity index (χ3n) is 5.39. The Morgan fingerprint density at radius 3 is 2.64 bits per heavy atom. The van der Waals surface area contributed by atoms with Crippen LogP contribution in [0.4, 0.5) is 10.2 Å². The lowest BCUT2D eigenvalue weighted by molar-refractivity contribution is -0.111. The molecule has 0 radical (unpaired) electrons. The summed E-state index contributed by atoms with van der Waals surface area (Å²) in [4.78, 5) is 12.4. The minimum atomic E-state index is -0.397. The van der Waals surface area contributed by atoms with Crippen LogP contribution in [0.25, 0.3) is 6.08 Å². The zero-order valence-corrected chi connectivity index (χ0v) is 20.6. The molecule has 0 aliphatic rings. The van der Waals surface area contributed by atoms with Crippen LogP contribution in [0.3, 0.4) is 0 Å². The van der Waals surface area contributed by atoms with Gasteiger partial charge in [0.15, 0.2) is 5.82 Å². The highest BCUT2D eigenvalue weighted by Gasteiger charge is 2.08. The highest BCUT2D eigenvalue weighted by atomic mass is 35.5. The van der Waals surface area contributed by atoms with Gasteiger partial charge in [-0.2, -0.15) is 5.10 Å². The molecule has 0 spiro atoms. The number of hydrogen-bond donors (Lipinski definition) is 1. The van der Waals surface area contributed by atoms with Gasteiger partial charge in [-0.05, 0) is 60.5 Å². The van der Waals surface area contributed by atoms with Crippen LogP contribution in [0.1, 0.15) is 22.3 Å². The topological polar surface area (TPSA) is 65.4 Å². The van der Waals surface area contributed by atoms with E-state index in [0.29, 0.717) is 29.7 Å². The predicted molar refractivity (Wildman–Crippen MR) is 139 cm³/mol. The Morgan fingerprint density at radius 1 is 1.08 bits per heavy atom. The molecule has 0 bridgehead atoms. The summed E-state index contributed by atoms with van der Waals surface area (Å²) >= 11 is 6.08. The van der Waals surface area contributed by atoms with E-state index in [-0.39, 0.29) is 5.91 Å². The quantitative estimate of drug-likeness (QED) is 0.272. The van der Waals surface area contributed by atoms with Gasteiger partial charge in [0.1, 0.15) is 23.9 Å². The number of carbonyl (C=O) groups excluding carboxylic acids is 1. The Morgan fingerprint density at radius 2 is 1.89 bits per heavy atom. The first kappa shape index (κ1) is 25.0. The molecule has 4 rings (SSSR count). The maximum atomic E-state index is 13.2. The lowest BCUT2D eigenvalue weighted by atomic mass is 10.1. The molecule has 1 N–H and O–H groups in total. The zero-order chi connectivity index (χ0) is 25.5. The highest BCUT2D eigenvalue weighted by Crippen LogP contribution is 2.23. The van der Waals surface area contributed by atoms with E-state index in [1.54, 1.807) is 36.2 Å². The van der Waals surface area contributed by atoms with Gasteiger partial charge in [0.05, 0.1) is 13.7 Å². The van der Waals surface area contributed by atoms with Crippen molar-refractivity contribution in [3.8, 4) is 11.5 Å². The van der Waals surface area contributed by atoms with Crippen molar-refractivity contribution in [2.75, 3.05) is 12.4 Å². The number of halogens is 2. The minimum absolute atomic E-state index is 0.321. The van der Waals surface area contributed by atoms with Crippen LogP contribution >= 0.6 is 11.6 Å². The molecular weight excluding hydrogens is 481 g/mol. The van der Waals surface area contributed by atoms with Gasteiger partial charge >= 0.3 is 0 Å². The molecule has 8 heteroatoms. The van der Waals surface area contributed by atoms with Crippen LogP contribution in [0.5, 0.6) is 11.5 Å². The van der Waals surface area contributed by atoms with Crippen LogP contribution in [0.15, 0.2) is 79.0 Å². The first-order chi connectivity index (χ1) is 17.4. The normalized spacial score (nSPS) is 11.0. The van der Waals surface area contributed by atoms with Gasteiger partial charge in [-0.1, -0.05) is 41.4 Å². The molecule has 0 unspecified atom stereocenters. The standard InChI is InChI=1S/C28H25ClFN3O3/c1-19-3-9-24(10-4-19)36-18-22-15-20(5-11-26(22)35-2)6-12-28(34)31-27-13-14-33(32-27)17-21-7-8-23(30)16-25(21)29/h3-16H,17-18H2,1-2H3,(H,31,32,34)/b12-6+. The molecule has 3 aromatic carbocycles. The lowest BCUT2D eigenvalue weighted by Crippen LogP contribution is -2.09. The fourth-order valence-corrected chi connectivity index (χ4v) is 3.72. The fourth-order valence-electron chi connectivity index (χ4n) is 3.49. The Bertz CT molecular complexity index is 1380. The first-order valence-corrected chi connectivity index (χ1v) is 11.6. The van der Waals surface area contributed by atoms with Gasteiger partial charge in [0.25, 0.3) is 0 Å². The Balaban J connectivity index is 1.37. The molecule has 0 atom stereocenters. The second-order valence-electron chi connectivity index (χ2n) is 8.13. The molecule has 184 valence electrons. The first-order valence-electron chi connectivity index (χ1n) is 11.2. The monoisotopic (exact) mass is 505 g/mol. The van der Waals surface area contributed by atoms with Gasteiger partial charge in [-0.15, -0.1) is 0 Å². The molecule has 1 heterocycles. The van der Waals surface area contributed by atoms with Gasteiger partial charge in [-0.3, -0.25) is 9.48 Å². The summed E-state index contributed by atoms with van der Waals surface area (Å²) in [5.74, 6) is 1.14. The molecule has 0 fully saturated rings. The molecular formula is C28H25ClFN3O3. The maximum Gasteiger partial charge on any atom is 0.249 e. The van der Waals surface area contributed by atoms with E-state index in [1.165, 1.54) is 18.2 Å². The summed E-state index contributed by atoms with van der Waals surface area (Å²) in [6.45, 7) is 2.70. The van der Waals surface area contributed by atoms with E-state index in [4.69, 9.17) is 21.1 Å². The van der Waals surface area contributed by atoms with Crippen molar-refractivity contribution >= 4 is 29.4 Å². The summed E-state index contributed by atoms with van der Waals surface area (Å²) in [6.07, 6.45) is 4.85. The minimum Gasteiger partial charge on any atom is -0.496 e. The van der Waals surface area contributed by atoms with E-state index in [1.807, 2.05) is 49.4 Å². The molecule has 0 aliphatic carbocycles. The van der Waals surface area contributed by atoms with Crippen LogP contribution in [-0.2, 0) is 17.9 Å². The van der Waals surface area contributed by atoms with E-state index in [0.717, 1.165) is 28.0 Å². The number of nitrogens with zero attached hydrogens (tertiary/aromatic N) is 2. The summed E-state index contributed by atoms with van der Waals surface area (Å²) in [6, 6.07) is 19.3. The van der Waals surface area contributed by atoms with E-state index in [9.17, 15) is 9.18 Å². The Kier molecular flexibility index (Phi) is 8.02. The summed E-state index contributed by atoms with van der Waals surface area (Å²) in [5.41, 5.74) is 3.57. The van der Waals surface area contributed by atoms with E-state index < -0.39 is 5.82 Å². The van der Waals surface area contributed by atoms with Crippen LogP contribution in [-0.4, -0.2) is 22.8 Å². The molecule has 6 nitrogen and oxygen atoms in total. The number of anilines is 1. The van der Waals surface area contributed by atoms with E-state index in [2.05, 4.69) is 10.4 Å². The third-order valence-corrected chi connectivity index (χ3v) is 5.74. The van der Waals surface area contributed by atoms with Gasteiger partial charge in [0, 0.05) is 28.9 Å². The number of nitrogens with one attached hydrogen (secondary N) is 1. The largest absolute Gasteiger partial charge is 0.496 e. The smallest absolute Gasteiger partial charge is 0.249 e. The number of rotatable bonds is 9. The molecule has 36 heavy (non-hydrogen) atoms. The lowest BCUT2D eigenvalue weighted by Gasteiger charge is -2.11. The summed E-state index contributed by atoms with van der Waals surface area (Å²) in [7, 11) is 1.61.